The molecule has 1 aromatic rings. The fourth-order valence-corrected chi connectivity index (χ4v) is 3.16. The average Bonchev–Trinajstić information content (AvgIpc) is 2.64. The van der Waals surface area contributed by atoms with Crippen molar-refractivity contribution in [1.82, 2.24) is 4.98 Å². The van der Waals surface area contributed by atoms with E-state index in [4.69, 9.17) is 14.0 Å². The highest BCUT2D eigenvalue weighted by molar-refractivity contribution is 7.89. The summed E-state index contributed by atoms with van der Waals surface area (Å²) >= 11 is 0. The Labute approximate surface area is 151 Å². The fraction of sp³-hybridized carbons (Fsp3) is 0.706. The van der Waals surface area contributed by atoms with Gasteiger partial charge in [-0.3, -0.25) is 0 Å². The first-order valence-corrected chi connectivity index (χ1v) is 10.5. The van der Waals surface area contributed by atoms with Crippen LogP contribution in [-0.2, 0) is 24.9 Å². The monoisotopic (exact) mass is 369 g/mol. The number of hydrogen-bond acceptors (Lipinski definition) is 6. The highest BCUT2D eigenvalue weighted by atomic mass is 32.2. The van der Waals surface area contributed by atoms with E-state index in [1.54, 1.807) is 6.07 Å². The van der Waals surface area contributed by atoms with Crippen LogP contribution >= 0.6 is 0 Å². The maximum atomic E-state index is 11.6. The molecule has 0 unspecified atom stereocenters. The van der Waals surface area contributed by atoms with Crippen LogP contribution in [0.2, 0.25) is 0 Å². The topological polar surface area (TPSA) is 74.7 Å². The second-order valence-corrected chi connectivity index (χ2v) is 10.2. The molecule has 0 atom stereocenters. The lowest BCUT2D eigenvalue weighted by Crippen LogP contribution is -2.41. The molecule has 140 valence electrons. The number of rotatable bonds is 6. The van der Waals surface area contributed by atoms with Gasteiger partial charge in [0, 0.05) is 17.9 Å². The van der Waals surface area contributed by atoms with Crippen molar-refractivity contribution in [3.63, 3.8) is 0 Å². The molecule has 0 amide bonds. The summed E-state index contributed by atoms with van der Waals surface area (Å²) in [5.74, 6) is 0.671. The third-order valence-electron chi connectivity index (χ3n) is 4.42. The van der Waals surface area contributed by atoms with Gasteiger partial charge in [-0.15, -0.1) is 0 Å². The average molecular weight is 369 g/mol. The van der Waals surface area contributed by atoms with Crippen molar-refractivity contribution in [2.24, 2.45) is 5.92 Å². The van der Waals surface area contributed by atoms with Gasteiger partial charge in [-0.25, -0.2) is 13.4 Å². The largest absolute Gasteiger partial charge is 0.500 e. The zero-order valence-electron chi connectivity index (χ0n) is 16.1. The maximum absolute atomic E-state index is 11.6. The Hall–Kier alpha value is -1.12. The van der Waals surface area contributed by atoms with Gasteiger partial charge in [0.25, 0.3) is 0 Å². The van der Waals surface area contributed by atoms with Gasteiger partial charge in [0.05, 0.1) is 23.6 Å². The molecule has 1 aliphatic rings. The molecule has 0 N–H and O–H groups in total. The van der Waals surface area contributed by atoms with Crippen LogP contribution in [0.3, 0.4) is 0 Å². The first-order valence-electron chi connectivity index (χ1n) is 8.46. The molecule has 0 saturated carbocycles. The number of nitrogens with zero attached hydrogens (tertiary/aromatic N) is 1. The molecule has 1 saturated heterocycles. The van der Waals surface area contributed by atoms with Gasteiger partial charge in [0.1, 0.15) is 0 Å². The van der Waals surface area contributed by atoms with E-state index in [1.807, 2.05) is 41.5 Å². The lowest BCUT2D eigenvalue weighted by molar-refractivity contribution is 0.00578. The third-order valence-corrected chi connectivity index (χ3v) is 5.28. The van der Waals surface area contributed by atoms with Crippen molar-refractivity contribution in [3.8, 4) is 5.88 Å². The molecule has 0 aromatic carbocycles. The number of ether oxygens (including phenoxy) is 1. The van der Waals surface area contributed by atoms with E-state index in [-0.39, 0.29) is 5.75 Å². The minimum absolute atomic E-state index is 0.0863. The van der Waals surface area contributed by atoms with Crippen LogP contribution in [0.15, 0.2) is 12.3 Å². The van der Waals surface area contributed by atoms with Crippen LogP contribution in [0.4, 0.5) is 0 Å². The van der Waals surface area contributed by atoms with Crippen LogP contribution in [-0.4, -0.2) is 44.6 Å². The predicted octanol–water partition coefficient (Wildman–Crippen LogP) is 1.96. The van der Waals surface area contributed by atoms with Crippen LogP contribution in [0.5, 0.6) is 5.88 Å². The normalized spacial score (nSPS) is 19.4. The molecule has 8 heteroatoms. The van der Waals surface area contributed by atoms with Crippen molar-refractivity contribution >= 4 is 22.4 Å². The van der Waals surface area contributed by atoms with Crippen LogP contribution in [0, 0.1) is 5.92 Å². The molecular weight excluding hydrogens is 341 g/mol. The Morgan fingerprint density at radius 1 is 1.20 bits per heavy atom. The Morgan fingerprint density at radius 3 is 2.24 bits per heavy atom. The molecule has 0 bridgehead atoms. The molecule has 1 aromatic heterocycles. The highest BCUT2D eigenvalue weighted by Crippen LogP contribution is 2.37. The Morgan fingerprint density at radius 2 is 1.76 bits per heavy atom. The van der Waals surface area contributed by atoms with Gasteiger partial charge < -0.3 is 14.0 Å². The van der Waals surface area contributed by atoms with Gasteiger partial charge in [0.15, 0.2) is 9.84 Å². The van der Waals surface area contributed by atoms with Crippen LogP contribution in [0.1, 0.15) is 47.1 Å². The Balaban J connectivity index is 2.39. The molecular formula is C17H28BNO5S. The molecule has 0 aliphatic carbocycles. The minimum atomic E-state index is -3.16. The van der Waals surface area contributed by atoms with Gasteiger partial charge >= 0.3 is 7.12 Å². The summed E-state index contributed by atoms with van der Waals surface area (Å²) in [7, 11) is -3.82. The van der Waals surface area contributed by atoms with Crippen molar-refractivity contribution in [3.05, 3.63) is 17.8 Å². The lowest BCUT2D eigenvalue weighted by atomic mass is 9.79. The second-order valence-electron chi connectivity index (χ2n) is 8.10. The number of pyridine rings is 1. The fourth-order valence-electron chi connectivity index (χ4n) is 2.40. The highest BCUT2D eigenvalue weighted by Gasteiger charge is 2.52. The summed E-state index contributed by atoms with van der Waals surface area (Å²) in [6.07, 6.45) is 2.73. The number of sulfone groups is 1. The predicted molar refractivity (Wildman–Crippen MR) is 98.8 cm³/mol. The van der Waals surface area contributed by atoms with E-state index in [9.17, 15) is 8.42 Å². The summed E-state index contributed by atoms with van der Waals surface area (Å²) < 4.78 is 41.2. The second kappa shape index (κ2) is 6.89. The van der Waals surface area contributed by atoms with E-state index in [2.05, 4.69) is 4.98 Å². The standard InChI is InChI=1S/C17H28BNO5S/c1-12(2)10-22-15-14(8-13(9-19-15)11-25(7,20)21)18-23-16(3,4)17(5,6)24-18/h8-9,12H,10-11H2,1-7H3. The maximum Gasteiger partial charge on any atom is 0.500 e. The van der Waals surface area contributed by atoms with E-state index in [1.165, 1.54) is 12.5 Å². The molecule has 1 fully saturated rings. The summed E-state index contributed by atoms with van der Waals surface area (Å²) in [5.41, 5.74) is 0.212. The van der Waals surface area contributed by atoms with E-state index in [0.29, 0.717) is 29.4 Å². The van der Waals surface area contributed by atoms with Crippen molar-refractivity contribution in [1.29, 1.82) is 0 Å². The summed E-state index contributed by atoms with van der Waals surface area (Å²) in [6, 6.07) is 1.76. The van der Waals surface area contributed by atoms with Crippen molar-refractivity contribution < 1.29 is 22.5 Å². The molecule has 2 rings (SSSR count). The molecule has 0 radical (unpaired) electrons. The first-order chi connectivity index (χ1) is 11.3. The molecule has 6 nitrogen and oxygen atoms in total. The first kappa shape index (κ1) is 20.2. The van der Waals surface area contributed by atoms with E-state index >= 15 is 0 Å². The van der Waals surface area contributed by atoms with Gasteiger partial charge in [-0.1, -0.05) is 19.9 Å². The zero-order valence-corrected chi connectivity index (χ0v) is 16.9. The summed E-state index contributed by atoms with van der Waals surface area (Å²) in [6.45, 7) is 12.5. The Kier molecular flexibility index (Phi) is 5.57. The smallest absolute Gasteiger partial charge is 0.478 e. The van der Waals surface area contributed by atoms with Gasteiger partial charge in [-0.2, -0.15) is 0 Å². The summed E-state index contributed by atoms with van der Waals surface area (Å²) in [4.78, 5) is 4.33. The van der Waals surface area contributed by atoms with Gasteiger partial charge in [0.2, 0.25) is 5.88 Å². The molecule has 2 heterocycles. The van der Waals surface area contributed by atoms with E-state index < -0.39 is 28.2 Å². The van der Waals surface area contributed by atoms with Crippen LogP contribution in [0.25, 0.3) is 0 Å². The quantitative estimate of drug-likeness (QED) is 0.714. The number of hydrogen-bond donors (Lipinski definition) is 0. The molecule has 0 spiro atoms. The lowest BCUT2D eigenvalue weighted by Gasteiger charge is -2.32. The summed E-state index contributed by atoms with van der Waals surface area (Å²) in [5, 5.41) is 0. The number of aromatic nitrogens is 1. The third kappa shape index (κ3) is 4.95. The molecule has 1 aliphatic heterocycles. The Bertz CT molecular complexity index is 715. The molecule has 25 heavy (non-hydrogen) atoms. The zero-order chi connectivity index (χ0) is 19.0. The van der Waals surface area contributed by atoms with Crippen molar-refractivity contribution in [2.45, 2.75) is 58.5 Å². The van der Waals surface area contributed by atoms with E-state index in [0.717, 1.165) is 0 Å². The van der Waals surface area contributed by atoms with Crippen molar-refractivity contribution in [2.75, 3.05) is 12.9 Å². The minimum Gasteiger partial charge on any atom is -0.478 e. The van der Waals surface area contributed by atoms with Crippen LogP contribution < -0.4 is 10.2 Å². The van der Waals surface area contributed by atoms with Gasteiger partial charge in [-0.05, 0) is 39.2 Å². The SMILES string of the molecule is CC(C)COc1ncc(CS(C)(=O)=O)cc1B1OC(C)(C)C(C)(C)O1.